The second-order valence-electron chi connectivity index (χ2n) is 4.40. The number of nitro groups is 1. The van der Waals surface area contributed by atoms with E-state index in [9.17, 15) is 14.9 Å². The Hall–Kier alpha value is -2.70. The van der Waals surface area contributed by atoms with E-state index in [1.807, 2.05) is 0 Å². The van der Waals surface area contributed by atoms with Gasteiger partial charge in [0.2, 0.25) is 0 Å². The Balaban J connectivity index is 2.42. The van der Waals surface area contributed by atoms with Gasteiger partial charge in [0.05, 0.1) is 35.7 Å². The molecule has 1 aromatic carbocycles. The number of esters is 1. The summed E-state index contributed by atoms with van der Waals surface area (Å²) < 4.78 is 6.53. The molecule has 0 bridgehead atoms. The molecule has 1 aromatic heterocycles. The van der Waals surface area contributed by atoms with Crippen LogP contribution in [0, 0.1) is 10.1 Å². The van der Waals surface area contributed by atoms with Crippen LogP contribution in [0.3, 0.4) is 0 Å². The molecule has 110 valence electrons. The van der Waals surface area contributed by atoms with Gasteiger partial charge in [-0.3, -0.25) is 10.1 Å². The normalized spacial score (nSPS) is 11.9. The molecule has 1 atom stereocenters. The number of nitro benzene ring substituents is 1. The first kappa shape index (κ1) is 14.7. The molecule has 1 heterocycles. The van der Waals surface area contributed by atoms with Gasteiger partial charge in [0.1, 0.15) is 5.69 Å². The molecule has 7 heteroatoms. The summed E-state index contributed by atoms with van der Waals surface area (Å²) >= 11 is 0. The highest BCUT2D eigenvalue weighted by molar-refractivity contribution is 5.87. The molecule has 0 aliphatic rings. The molecule has 0 amide bonds. The Morgan fingerprint density at radius 2 is 2.19 bits per heavy atom. The van der Waals surface area contributed by atoms with E-state index in [4.69, 9.17) is 4.74 Å². The minimum Gasteiger partial charge on any atom is -0.461 e. The van der Waals surface area contributed by atoms with Gasteiger partial charge in [0.15, 0.2) is 0 Å². The molecule has 0 aliphatic heterocycles. The minimum absolute atomic E-state index is 0.00788. The molecule has 0 aliphatic carbocycles. The first-order valence-corrected chi connectivity index (χ1v) is 6.48. The van der Waals surface area contributed by atoms with Crippen molar-refractivity contribution in [1.82, 2.24) is 9.55 Å². The topological polar surface area (TPSA) is 87.3 Å². The van der Waals surface area contributed by atoms with Gasteiger partial charge in [-0.1, -0.05) is 18.2 Å². The molecule has 2 aromatic rings. The minimum atomic E-state index is -0.500. The van der Waals surface area contributed by atoms with Crippen molar-refractivity contribution >= 4 is 11.7 Å². The number of hydrogen-bond donors (Lipinski definition) is 0. The number of aromatic nitrogens is 2. The van der Waals surface area contributed by atoms with Crippen LogP contribution in [0.5, 0.6) is 0 Å². The van der Waals surface area contributed by atoms with Crippen molar-refractivity contribution < 1.29 is 14.5 Å². The largest absolute Gasteiger partial charge is 0.461 e. The van der Waals surface area contributed by atoms with E-state index in [0.29, 0.717) is 5.56 Å². The summed E-state index contributed by atoms with van der Waals surface area (Å²) in [5, 5.41) is 11.1. The number of para-hydroxylation sites is 1. The van der Waals surface area contributed by atoms with Crippen LogP contribution in [0.15, 0.2) is 36.8 Å². The number of hydrogen-bond acceptors (Lipinski definition) is 5. The Kier molecular flexibility index (Phi) is 4.32. The smallest absolute Gasteiger partial charge is 0.356 e. The molecule has 0 fully saturated rings. The van der Waals surface area contributed by atoms with Gasteiger partial charge in [-0.25, -0.2) is 9.78 Å². The molecule has 0 unspecified atom stereocenters. The summed E-state index contributed by atoms with van der Waals surface area (Å²) in [6.45, 7) is 3.74. The molecule has 0 spiro atoms. The maximum absolute atomic E-state index is 11.9. The van der Waals surface area contributed by atoms with Crippen molar-refractivity contribution in [2.24, 2.45) is 0 Å². The number of benzene rings is 1. The van der Waals surface area contributed by atoms with Gasteiger partial charge in [0, 0.05) is 6.07 Å². The van der Waals surface area contributed by atoms with Crippen LogP contribution >= 0.6 is 0 Å². The third-order valence-electron chi connectivity index (χ3n) is 3.15. The van der Waals surface area contributed by atoms with Crippen molar-refractivity contribution in [3.8, 4) is 0 Å². The van der Waals surface area contributed by atoms with Crippen LogP contribution < -0.4 is 0 Å². The number of rotatable bonds is 5. The van der Waals surface area contributed by atoms with Gasteiger partial charge in [-0.2, -0.15) is 0 Å². The Labute approximate surface area is 121 Å². The lowest BCUT2D eigenvalue weighted by atomic mass is 10.1. The molecule has 0 radical (unpaired) electrons. The van der Waals surface area contributed by atoms with Crippen molar-refractivity contribution in [1.29, 1.82) is 0 Å². The second kappa shape index (κ2) is 6.17. The third kappa shape index (κ3) is 2.91. The lowest BCUT2D eigenvalue weighted by molar-refractivity contribution is -0.385. The molecule has 21 heavy (non-hydrogen) atoms. The number of ether oxygens (including phenoxy) is 1. The van der Waals surface area contributed by atoms with Gasteiger partial charge in [0.25, 0.3) is 5.69 Å². The average Bonchev–Trinajstić information content (AvgIpc) is 2.96. The first-order chi connectivity index (χ1) is 10.1. The van der Waals surface area contributed by atoms with Crippen LogP contribution in [0.1, 0.15) is 35.9 Å². The van der Waals surface area contributed by atoms with Gasteiger partial charge >= 0.3 is 5.97 Å². The van der Waals surface area contributed by atoms with Gasteiger partial charge in [-0.15, -0.1) is 0 Å². The van der Waals surface area contributed by atoms with Crippen molar-refractivity contribution in [2.75, 3.05) is 6.61 Å². The fourth-order valence-electron chi connectivity index (χ4n) is 2.13. The van der Waals surface area contributed by atoms with E-state index in [1.54, 1.807) is 36.6 Å². The zero-order valence-electron chi connectivity index (χ0n) is 11.7. The average molecular weight is 289 g/mol. The summed E-state index contributed by atoms with van der Waals surface area (Å²) in [5.74, 6) is -0.500. The van der Waals surface area contributed by atoms with Crippen LogP contribution in [-0.4, -0.2) is 27.1 Å². The summed E-state index contributed by atoms with van der Waals surface area (Å²) in [6.07, 6.45) is 2.86. The molecular formula is C14H15N3O4. The van der Waals surface area contributed by atoms with Crippen molar-refractivity contribution in [3.63, 3.8) is 0 Å². The first-order valence-electron chi connectivity index (χ1n) is 6.48. The fourth-order valence-corrected chi connectivity index (χ4v) is 2.13. The quantitative estimate of drug-likeness (QED) is 0.479. The number of carbonyl (C=O) groups is 1. The predicted molar refractivity (Wildman–Crippen MR) is 75.1 cm³/mol. The lowest BCUT2D eigenvalue weighted by Gasteiger charge is -2.16. The highest BCUT2D eigenvalue weighted by Gasteiger charge is 2.23. The van der Waals surface area contributed by atoms with E-state index < -0.39 is 16.9 Å². The Bertz CT molecular complexity index is 666. The number of imidazole rings is 1. The molecule has 0 saturated carbocycles. The molecule has 2 rings (SSSR count). The Morgan fingerprint density at radius 3 is 2.86 bits per heavy atom. The van der Waals surface area contributed by atoms with E-state index in [2.05, 4.69) is 4.98 Å². The standard InChI is InChI=1S/C14H15N3O4/c1-3-21-14(18)13-8-15-9-16(13)10(2)11-6-4-5-7-12(11)17(19)20/h4-10H,3H2,1-2H3/t10-/m1/s1. The van der Waals surface area contributed by atoms with Crippen molar-refractivity contribution in [3.05, 3.63) is 58.2 Å². The summed E-state index contributed by atoms with van der Waals surface area (Å²) in [5.41, 5.74) is 0.780. The second-order valence-corrected chi connectivity index (χ2v) is 4.40. The SMILES string of the molecule is CCOC(=O)c1cncn1[C@H](C)c1ccccc1[N+](=O)[O-]. The van der Waals surface area contributed by atoms with E-state index >= 15 is 0 Å². The monoisotopic (exact) mass is 289 g/mol. The summed E-state index contributed by atoms with van der Waals surface area (Å²) in [4.78, 5) is 26.5. The number of nitrogens with zero attached hydrogens (tertiary/aromatic N) is 3. The van der Waals surface area contributed by atoms with Crippen molar-refractivity contribution in [2.45, 2.75) is 19.9 Å². The molecule has 7 nitrogen and oxygen atoms in total. The molecule has 0 N–H and O–H groups in total. The van der Waals surface area contributed by atoms with E-state index in [-0.39, 0.29) is 18.0 Å². The third-order valence-corrected chi connectivity index (χ3v) is 3.15. The summed E-state index contributed by atoms with van der Waals surface area (Å²) in [7, 11) is 0. The van der Waals surface area contributed by atoms with E-state index in [0.717, 1.165) is 0 Å². The number of carbonyl (C=O) groups excluding carboxylic acids is 1. The zero-order chi connectivity index (χ0) is 15.4. The van der Waals surface area contributed by atoms with Crippen LogP contribution in [-0.2, 0) is 4.74 Å². The summed E-state index contributed by atoms with van der Waals surface area (Å²) in [6, 6.07) is 6.02. The Morgan fingerprint density at radius 1 is 1.48 bits per heavy atom. The highest BCUT2D eigenvalue weighted by Crippen LogP contribution is 2.28. The predicted octanol–water partition coefficient (Wildman–Crippen LogP) is 2.58. The van der Waals surface area contributed by atoms with Crippen LogP contribution in [0.4, 0.5) is 5.69 Å². The zero-order valence-corrected chi connectivity index (χ0v) is 11.7. The lowest BCUT2D eigenvalue weighted by Crippen LogP contribution is -2.16. The fraction of sp³-hybridized carbons (Fsp3) is 0.286. The van der Waals surface area contributed by atoms with E-state index in [1.165, 1.54) is 18.6 Å². The van der Waals surface area contributed by atoms with Gasteiger partial charge < -0.3 is 9.30 Å². The van der Waals surface area contributed by atoms with Crippen LogP contribution in [0.25, 0.3) is 0 Å². The van der Waals surface area contributed by atoms with Crippen LogP contribution in [0.2, 0.25) is 0 Å². The highest BCUT2D eigenvalue weighted by atomic mass is 16.6. The van der Waals surface area contributed by atoms with Gasteiger partial charge in [-0.05, 0) is 13.8 Å². The maximum atomic E-state index is 11.9. The maximum Gasteiger partial charge on any atom is 0.356 e. The molecule has 0 saturated heterocycles. The molecular weight excluding hydrogens is 274 g/mol.